The number of nitrogens with zero attached hydrogens (tertiary/aromatic N) is 3. The number of aryl methyl sites for hydroxylation is 1. The average Bonchev–Trinajstić information content (AvgIpc) is 2.91. The fourth-order valence-electron chi connectivity index (χ4n) is 2.05. The molecule has 0 spiro atoms. The van der Waals surface area contributed by atoms with Gasteiger partial charge in [0.2, 0.25) is 10.6 Å². The molecule has 0 aliphatic carbocycles. The van der Waals surface area contributed by atoms with Crippen molar-refractivity contribution in [2.24, 2.45) is 17.3 Å². The predicted molar refractivity (Wildman–Crippen MR) is 80.2 cm³/mol. The Morgan fingerprint density at radius 2 is 1.50 bits per heavy atom. The van der Waals surface area contributed by atoms with Crippen molar-refractivity contribution in [2.75, 3.05) is 0 Å². The van der Waals surface area contributed by atoms with E-state index in [0.29, 0.717) is 11.0 Å². The Labute approximate surface area is 136 Å². The molecule has 0 saturated carbocycles. The second-order valence-electron chi connectivity index (χ2n) is 4.74. The van der Waals surface area contributed by atoms with Gasteiger partial charge in [0.25, 0.3) is 0 Å². The van der Waals surface area contributed by atoms with Crippen LogP contribution in [-0.2, 0) is 7.05 Å². The Kier molecular flexibility index (Phi) is 4.18. The molecule has 1 heterocycles. The summed E-state index contributed by atoms with van der Waals surface area (Å²) in [6.45, 7) is 0. The molecule has 0 amide bonds. The molecule has 124 valence electrons. The highest BCUT2D eigenvalue weighted by molar-refractivity contribution is 7.16. The van der Waals surface area contributed by atoms with Crippen LogP contribution in [0.15, 0.2) is 34.5 Å². The van der Waals surface area contributed by atoms with E-state index in [-0.39, 0.29) is 0 Å². The summed E-state index contributed by atoms with van der Waals surface area (Å²) in [6.07, 6.45) is 0.501. The molecule has 3 nitrogen and oxygen atoms in total. The van der Waals surface area contributed by atoms with Crippen LogP contribution in [0.4, 0.5) is 22.0 Å². The molecule has 0 radical (unpaired) electrons. The van der Waals surface area contributed by atoms with Crippen LogP contribution in [0, 0.1) is 29.1 Å². The maximum atomic E-state index is 13.5. The molecule has 0 aliphatic heterocycles. The third-order valence-electron chi connectivity index (χ3n) is 3.29. The number of benzene rings is 2. The largest absolute Gasteiger partial charge is 0.318 e. The summed E-state index contributed by atoms with van der Waals surface area (Å²) in [6, 6.07) is 7.36. The fourth-order valence-corrected chi connectivity index (χ4v) is 3.03. The number of thiazole rings is 1. The maximum Gasteiger partial charge on any atom is 0.211 e. The van der Waals surface area contributed by atoms with Crippen molar-refractivity contribution in [3.05, 3.63) is 63.7 Å². The number of hydrogen-bond acceptors (Lipinski definition) is 3. The Morgan fingerprint density at radius 3 is 2.12 bits per heavy atom. The van der Waals surface area contributed by atoms with Crippen LogP contribution in [0.3, 0.4) is 0 Å². The SMILES string of the molecule is Cn1c(=NN=Cc2c(F)c(F)c(F)c(F)c2F)sc2ccccc21. The lowest BCUT2D eigenvalue weighted by molar-refractivity contribution is 0.377. The number of fused-ring (bicyclic) bond motifs is 1. The molecule has 0 atom stereocenters. The van der Waals surface area contributed by atoms with Gasteiger partial charge in [0.15, 0.2) is 23.3 Å². The van der Waals surface area contributed by atoms with Gasteiger partial charge in [-0.05, 0) is 12.1 Å². The summed E-state index contributed by atoms with van der Waals surface area (Å²) >= 11 is 1.26. The van der Waals surface area contributed by atoms with Crippen LogP contribution in [0.2, 0.25) is 0 Å². The summed E-state index contributed by atoms with van der Waals surface area (Å²) in [4.78, 5) is 0.399. The standard InChI is InChI=1S/C15H8F5N3S/c1-23-8-4-2-3-5-9(8)24-15(23)22-21-6-7-10(16)12(18)14(20)13(19)11(7)17/h2-6H,1H3. The van der Waals surface area contributed by atoms with E-state index in [9.17, 15) is 22.0 Å². The highest BCUT2D eigenvalue weighted by Gasteiger charge is 2.24. The van der Waals surface area contributed by atoms with E-state index < -0.39 is 34.6 Å². The lowest BCUT2D eigenvalue weighted by Gasteiger charge is -2.02. The third kappa shape index (κ3) is 2.60. The van der Waals surface area contributed by atoms with E-state index in [2.05, 4.69) is 10.2 Å². The summed E-state index contributed by atoms with van der Waals surface area (Å²) in [5.41, 5.74) is -0.272. The molecular formula is C15H8F5N3S. The molecule has 9 heteroatoms. The zero-order valence-corrected chi connectivity index (χ0v) is 12.8. The quantitative estimate of drug-likeness (QED) is 0.219. The van der Waals surface area contributed by atoms with Gasteiger partial charge in [-0.3, -0.25) is 0 Å². The van der Waals surface area contributed by atoms with Crippen molar-refractivity contribution in [2.45, 2.75) is 0 Å². The smallest absolute Gasteiger partial charge is 0.211 e. The van der Waals surface area contributed by atoms with Crippen LogP contribution in [0.5, 0.6) is 0 Å². The summed E-state index contributed by atoms with van der Waals surface area (Å²) < 4.78 is 68.8. The summed E-state index contributed by atoms with van der Waals surface area (Å²) in [5.74, 6) is -10.2. The number of para-hydroxylation sites is 1. The first-order valence-corrected chi connectivity index (χ1v) is 7.36. The van der Waals surface area contributed by atoms with Gasteiger partial charge in [-0.2, -0.15) is 5.10 Å². The molecule has 0 aliphatic rings. The monoisotopic (exact) mass is 357 g/mol. The van der Waals surface area contributed by atoms with Crippen LogP contribution in [-0.4, -0.2) is 10.8 Å². The highest BCUT2D eigenvalue weighted by atomic mass is 32.1. The van der Waals surface area contributed by atoms with E-state index in [1.165, 1.54) is 11.3 Å². The number of rotatable bonds is 2. The summed E-state index contributed by atoms with van der Waals surface area (Å²) in [5, 5.41) is 7.24. The first kappa shape index (κ1) is 16.3. The van der Waals surface area contributed by atoms with Crippen molar-refractivity contribution < 1.29 is 22.0 Å². The van der Waals surface area contributed by atoms with E-state index in [1.807, 2.05) is 24.3 Å². The molecule has 0 unspecified atom stereocenters. The minimum Gasteiger partial charge on any atom is -0.318 e. The van der Waals surface area contributed by atoms with Gasteiger partial charge in [-0.25, -0.2) is 22.0 Å². The maximum absolute atomic E-state index is 13.5. The first-order chi connectivity index (χ1) is 11.4. The molecule has 2 aromatic carbocycles. The second-order valence-corrected chi connectivity index (χ2v) is 5.75. The lowest BCUT2D eigenvalue weighted by Crippen LogP contribution is -2.09. The Bertz CT molecular complexity index is 1010. The number of aromatic nitrogens is 1. The minimum atomic E-state index is -2.21. The van der Waals surface area contributed by atoms with Gasteiger partial charge in [0.05, 0.1) is 22.0 Å². The van der Waals surface area contributed by atoms with Gasteiger partial charge in [0.1, 0.15) is 0 Å². The van der Waals surface area contributed by atoms with E-state index >= 15 is 0 Å². The van der Waals surface area contributed by atoms with E-state index in [0.717, 1.165) is 10.2 Å². The van der Waals surface area contributed by atoms with Gasteiger partial charge in [-0.1, -0.05) is 23.5 Å². The molecule has 0 N–H and O–H groups in total. The van der Waals surface area contributed by atoms with Crippen molar-refractivity contribution in [1.82, 2.24) is 4.57 Å². The van der Waals surface area contributed by atoms with Crippen molar-refractivity contribution >= 4 is 27.8 Å². The average molecular weight is 357 g/mol. The van der Waals surface area contributed by atoms with Crippen LogP contribution in [0.25, 0.3) is 10.2 Å². The zero-order chi connectivity index (χ0) is 17.4. The van der Waals surface area contributed by atoms with Crippen molar-refractivity contribution in [1.29, 1.82) is 0 Å². The number of hydrogen-bond donors (Lipinski definition) is 0. The minimum absolute atomic E-state index is 0.399. The van der Waals surface area contributed by atoms with Gasteiger partial charge >= 0.3 is 0 Å². The fraction of sp³-hybridized carbons (Fsp3) is 0.0667. The highest BCUT2D eigenvalue weighted by Crippen LogP contribution is 2.21. The molecular weight excluding hydrogens is 349 g/mol. The van der Waals surface area contributed by atoms with Gasteiger partial charge in [-0.15, -0.1) is 5.10 Å². The molecule has 0 bridgehead atoms. The Morgan fingerprint density at radius 1 is 0.917 bits per heavy atom. The second kappa shape index (κ2) is 6.16. The molecule has 3 rings (SSSR count). The Balaban J connectivity index is 2.07. The normalized spacial score (nSPS) is 12.7. The van der Waals surface area contributed by atoms with Gasteiger partial charge < -0.3 is 4.57 Å². The topological polar surface area (TPSA) is 29.6 Å². The zero-order valence-electron chi connectivity index (χ0n) is 12.0. The van der Waals surface area contributed by atoms with Crippen LogP contribution in [0.1, 0.15) is 5.56 Å². The van der Waals surface area contributed by atoms with Crippen molar-refractivity contribution in [3.63, 3.8) is 0 Å². The van der Waals surface area contributed by atoms with Crippen LogP contribution < -0.4 is 4.80 Å². The molecule has 1 aromatic heterocycles. The molecule has 0 fully saturated rings. The number of halogens is 5. The molecule has 3 aromatic rings. The molecule has 0 saturated heterocycles. The Hall–Kier alpha value is -2.55. The van der Waals surface area contributed by atoms with Crippen LogP contribution >= 0.6 is 11.3 Å². The molecule has 24 heavy (non-hydrogen) atoms. The summed E-state index contributed by atoms with van der Waals surface area (Å²) in [7, 11) is 1.71. The predicted octanol–water partition coefficient (Wildman–Crippen LogP) is 3.87. The van der Waals surface area contributed by atoms with E-state index in [4.69, 9.17) is 0 Å². The third-order valence-corrected chi connectivity index (χ3v) is 4.39. The lowest BCUT2D eigenvalue weighted by atomic mass is 10.2. The van der Waals surface area contributed by atoms with E-state index in [1.54, 1.807) is 11.6 Å². The van der Waals surface area contributed by atoms with Crippen molar-refractivity contribution in [3.8, 4) is 0 Å². The van der Waals surface area contributed by atoms with Gasteiger partial charge in [0, 0.05) is 7.05 Å². The first-order valence-electron chi connectivity index (χ1n) is 6.55.